The Labute approximate surface area is 166 Å². The summed E-state index contributed by atoms with van der Waals surface area (Å²) in [6.07, 6.45) is 11.9. The molecule has 1 heteroatoms. The Balaban J connectivity index is 1.54. The minimum absolute atomic E-state index is 0.289. The molecule has 1 saturated heterocycles. The first kappa shape index (κ1) is 20.1. The van der Waals surface area contributed by atoms with Crippen LogP contribution < -0.4 is 0 Å². The summed E-state index contributed by atoms with van der Waals surface area (Å²) < 4.78 is 6.15. The SMILES string of the molecule is CCCCCCc1ccc(-c2ccc(C3CCC(CCC)CO3)cc2)cc1. The highest BCUT2D eigenvalue weighted by Gasteiger charge is 2.22. The zero-order valence-corrected chi connectivity index (χ0v) is 17.3. The van der Waals surface area contributed by atoms with E-state index in [4.69, 9.17) is 4.74 Å². The van der Waals surface area contributed by atoms with Gasteiger partial charge >= 0.3 is 0 Å². The highest BCUT2D eigenvalue weighted by molar-refractivity contribution is 5.64. The van der Waals surface area contributed by atoms with E-state index in [0.717, 1.165) is 18.9 Å². The predicted molar refractivity (Wildman–Crippen MR) is 116 cm³/mol. The third kappa shape index (κ3) is 5.94. The van der Waals surface area contributed by atoms with Crippen LogP contribution in [0.5, 0.6) is 0 Å². The van der Waals surface area contributed by atoms with Crippen molar-refractivity contribution in [1.29, 1.82) is 0 Å². The topological polar surface area (TPSA) is 9.23 Å². The number of benzene rings is 2. The second-order valence-corrected chi connectivity index (χ2v) is 8.18. The lowest BCUT2D eigenvalue weighted by molar-refractivity contribution is -0.0194. The Morgan fingerprint density at radius 1 is 0.778 bits per heavy atom. The van der Waals surface area contributed by atoms with Crippen LogP contribution in [0.25, 0.3) is 11.1 Å². The van der Waals surface area contributed by atoms with Crippen LogP contribution in [0.3, 0.4) is 0 Å². The van der Waals surface area contributed by atoms with Gasteiger partial charge in [-0.3, -0.25) is 0 Å². The van der Waals surface area contributed by atoms with Crippen LogP contribution in [0.4, 0.5) is 0 Å². The molecule has 1 aliphatic heterocycles. The maximum absolute atomic E-state index is 6.15. The third-order valence-electron chi connectivity index (χ3n) is 5.96. The van der Waals surface area contributed by atoms with Gasteiger partial charge in [0.25, 0.3) is 0 Å². The van der Waals surface area contributed by atoms with E-state index < -0.39 is 0 Å². The molecule has 0 aromatic heterocycles. The summed E-state index contributed by atoms with van der Waals surface area (Å²) >= 11 is 0. The van der Waals surface area contributed by atoms with Crippen molar-refractivity contribution in [1.82, 2.24) is 0 Å². The molecule has 0 radical (unpaired) electrons. The average molecular weight is 365 g/mol. The van der Waals surface area contributed by atoms with Crippen LogP contribution in [0.2, 0.25) is 0 Å². The van der Waals surface area contributed by atoms with Crippen LogP contribution in [0, 0.1) is 5.92 Å². The van der Waals surface area contributed by atoms with Gasteiger partial charge in [0.2, 0.25) is 0 Å². The molecule has 1 fully saturated rings. The molecule has 2 atom stereocenters. The molecular formula is C26H36O. The summed E-state index contributed by atoms with van der Waals surface area (Å²) in [5.41, 5.74) is 5.41. The molecule has 0 spiro atoms. The van der Waals surface area contributed by atoms with Crippen LogP contribution in [0.15, 0.2) is 48.5 Å². The van der Waals surface area contributed by atoms with E-state index in [0.29, 0.717) is 0 Å². The zero-order chi connectivity index (χ0) is 18.9. The van der Waals surface area contributed by atoms with E-state index in [2.05, 4.69) is 62.4 Å². The van der Waals surface area contributed by atoms with Crippen molar-refractivity contribution in [2.75, 3.05) is 6.61 Å². The van der Waals surface area contributed by atoms with Crippen LogP contribution in [0.1, 0.15) is 82.4 Å². The molecule has 27 heavy (non-hydrogen) atoms. The van der Waals surface area contributed by atoms with E-state index >= 15 is 0 Å². The summed E-state index contributed by atoms with van der Waals surface area (Å²) in [6, 6.07) is 18.2. The molecule has 146 valence electrons. The fraction of sp³-hybridized carbons (Fsp3) is 0.538. The van der Waals surface area contributed by atoms with Gasteiger partial charge in [-0.1, -0.05) is 88.1 Å². The molecule has 0 N–H and O–H groups in total. The van der Waals surface area contributed by atoms with Gasteiger partial charge in [0, 0.05) is 0 Å². The van der Waals surface area contributed by atoms with E-state index in [1.165, 1.54) is 73.6 Å². The van der Waals surface area contributed by atoms with Crippen molar-refractivity contribution in [3.8, 4) is 11.1 Å². The largest absolute Gasteiger partial charge is 0.373 e. The quantitative estimate of drug-likeness (QED) is 0.413. The molecule has 0 amide bonds. The lowest BCUT2D eigenvalue weighted by Gasteiger charge is -2.29. The summed E-state index contributed by atoms with van der Waals surface area (Å²) in [6.45, 7) is 5.47. The molecule has 0 aliphatic carbocycles. The lowest BCUT2D eigenvalue weighted by atomic mass is 9.91. The molecule has 0 bridgehead atoms. The van der Waals surface area contributed by atoms with Crippen molar-refractivity contribution in [2.45, 2.75) is 77.7 Å². The van der Waals surface area contributed by atoms with Gasteiger partial charge in [0.05, 0.1) is 12.7 Å². The molecule has 1 heterocycles. The van der Waals surface area contributed by atoms with Crippen molar-refractivity contribution in [3.05, 3.63) is 59.7 Å². The van der Waals surface area contributed by atoms with Gasteiger partial charge in [-0.25, -0.2) is 0 Å². The van der Waals surface area contributed by atoms with E-state index in [9.17, 15) is 0 Å². The Bertz CT molecular complexity index is 648. The molecule has 2 unspecified atom stereocenters. The van der Waals surface area contributed by atoms with Crippen LogP contribution in [-0.4, -0.2) is 6.61 Å². The lowest BCUT2D eigenvalue weighted by Crippen LogP contribution is -2.20. The van der Waals surface area contributed by atoms with Crippen LogP contribution in [-0.2, 0) is 11.2 Å². The number of unbranched alkanes of at least 4 members (excludes halogenated alkanes) is 3. The van der Waals surface area contributed by atoms with E-state index in [1.54, 1.807) is 0 Å². The molecular weight excluding hydrogens is 328 g/mol. The van der Waals surface area contributed by atoms with Gasteiger partial charge in [-0.2, -0.15) is 0 Å². The minimum Gasteiger partial charge on any atom is -0.373 e. The van der Waals surface area contributed by atoms with Gasteiger partial charge in [0.1, 0.15) is 0 Å². The fourth-order valence-corrected chi connectivity index (χ4v) is 4.21. The first-order chi connectivity index (χ1) is 13.3. The maximum Gasteiger partial charge on any atom is 0.0825 e. The maximum atomic E-state index is 6.15. The first-order valence-electron chi connectivity index (χ1n) is 11.1. The third-order valence-corrected chi connectivity index (χ3v) is 5.96. The average Bonchev–Trinajstić information content (AvgIpc) is 2.73. The Morgan fingerprint density at radius 2 is 1.48 bits per heavy atom. The van der Waals surface area contributed by atoms with Crippen molar-refractivity contribution < 1.29 is 4.74 Å². The molecule has 1 aliphatic rings. The summed E-state index contributed by atoms with van der Waals surface area (Å²) in [7, 11) is 0. The zero-order valence-electron chi connectivity index (χ0n) is 17.3. The number of ether oxygens (including phenoxy) is 1. The van der Waals surface area contributed by atoms with E-state index in [1.807, 2.05) is 0 Å². The molecule has 1 nitrogen and oxygen atoms in total. The fourth-order valence-electron chi connectivity index (χ4n) is 4.21. The summed E-state index contributed by atoms with van der Waals surface area (Å²) in [5.74, 6) is 0.769. The normalized spacial score (nSPS) is 19.9. The van der Waals surface area contributed by atoms with Gasteiger partial charge in [0.15, 0.2) is 0 Å². The highest BCUT2D eigenvalue weighted by atomic mass is 16.5. The molecule has 0 saturated carbocycles. The highest BCUT2D eigenvalue weighted by Crippen LogP contribution is 2.33. The second kappa shape index (κ2) is 10.7. The second-order valence-electron chi connectivity index (χ2n) is 8.18. The molecule has 3 rings (SSSR count). The molecule has 2 aromatic carbocycles. The number of hydrogen-bond donors (Lipinski definition) is 0. The Hall–Kier alpha value is -1.60. The first-order valence-corrected chi connectivity index (χ1v) is 11.1. The van der Waals surface area contributed by atoms with Gasteiger partial charge in [-0.15, -0.1) is 0 Å². The minimum atomic E-state index is 0.289. The summed E-state index contributed by atoms with van der Waals surface area (Å²) in [5, 5.41) is 0. The van der Waals surface area contributed by atoms with Crippen molar-refractivity contribution in [3.63, 3.8) is 0 Å². The Kier molecular flexibility index (Phi) is 7.95. The van der Waals surface area contributed by atoms with Gasteiger partial charge in [-0.05, 0) is 60.3 Å². The number of aryl methyl sites for hydroxylation is 1. The number of rotatable bonds is 9. The monoisotopic (exact) mass is 364 g/mol. The van der Waals surface area contributed by atoms with Crippen molar-refractivity contribution in [2.24, 2.45) is 5.92 Å². The van der Waals surface area contributed by atoms with Crippen molar-refractivity contribution >= 4 is 0 Å². The predicted octanol–water partition coefficient (Wildman–Crippen LogP) is 7.74. The van der Waals surface area contributed by atoms with Gasteiger partial charge < -0.3 is 4.74 Å². The van der Waals surface area contributed by atoms with E-state index in [-0.39, 0.29) is 6.10 Å². The standard InChI is InChI=1S/C26H36O/c1-3-5-6-7-9-21-10-13-23(14-11-21)24-15-17-25(18-16-24)26-19-12-22(8-4-2)20-27-26/h10-11,13-18,22,26H,3-9,12,19-20H2,1-2H3. The van der Waals surface area contributed by atoms with Crippen LogP contribution >= 0.6 is 0 Å². The smallest absolute Gasteiger partial charge is 0.0825 e. The Morgan fingerprint density at radius 3 is 2.07 bits per heavy atom. The summed E-state index contributed by atoms with van der Waals surface area (Å²) in [4.78, 5) is 0. The molecule has 2 aromatic rings. The number of hydrogen-bond acceptors (Lipinski definition) is 1.